The molecule has 0 aliphatic heterocycles. The first-order chi connectivity index (χ1) is 19.3. The summed E-state index contributed by atoms with van der Waals surface area (Å²) in [6.45, 7) is 0.777. The largest absolute Gasteiger partial charge is 0.492 e. The average molecular weight is 577 g/mol. The fourth-order valence-corrected chi connectivity index (χ4v) is 5.91. The van der Waals surface area contributed by atoms with E-state index in [-0.39, 0.29) is 11.7 Å². The van der Waals surface area contributed by atoms with Gasteiger partial charge in [-0.15, -0.1) is 0 Å². The number of carbonyl (C=O) groups excluding carboxylic acids is 2. The summed E-state index contributed by atoms with van der Waals surface area (Å²) in [5.41, 5.74) is 1.16. The number of ether oxygens (including phenoxy) is 1. The molecule has 7 heteroatoms. The van der Waals surface area contributed by atoms with Crippen LogP contribution in [0.1, 0.15) is 100 Å². The molecule has 0 N–H and O–H groups in total. The highest BCUT2D eigenvalue weighted by atomic mass is 35.5. The predicted octanol–water partition coefficient (Wildman–Crippen LogP) is 9.28. The first-order valence-electron chi connectivity index (χ1n) is 14.8. The van der Waals surface area contributed by atoms with E-state index < -0.39 is 17.8 Å². The van der Waals surface area contributed by atoms with Crippen LogP contribution in [0.5, 0.6) is 5.75 Å². The first-order valence-corrected chi connectivity index (χ1v) is 15.2. The van der Waals surface area contributed by atoms with Crippen molar-refractivity contribution in [2.45, 2.75) is 96.3 Å². The normalized spacial score (nSPS) is 17.6. The maximum atomic E-state index is 13.4. The highest BCUT2D eigenvalue weighted by Crippen LogP contribution is 2.33. The van der Waals surface area contributed by atoms with Crippen LogP contribution in [0.4, 0.5) is 13.2 Å². The number of ketones is 2. The zero-order valence-corrected chi connectivity index (χ0v) is 23.9. The Morgan fingerprint density at radius 2 is 1.32 bits per heavy atom. The molecule has 3 saturated carbocycles. The molecule has 0 spiro atoms. The molecule has 0 radical (unpaired) electrons. The van der Waals surface area contributed by atoms with Gasteiger partial charge in [0.25, 0.3) is 6.43 Å². The molecule has 2 aromatic rings. The molecule has 0 heterocycles. The van der Waals surface area contributed by atoms with Gasteiger partial charge in [0, 0.05) is 24.7 Å². The number of carbonyl (C=O) groups is 2. The topological polar surface area (TPSA) is 43.4 Å². The van der Waals surface area contributed by atoms with Gasteiger partial charge >= 0.3 is 0 Å². The number of alkyl halides is 2. The van der Waals surface area contributed by atoms with Crippen LogP contribution in [0.25, 0.3) is 0 Å². The molecule has 2 aromatic carbocycles. The Balaban J connectivity index is 0.000000186. The second-order valence-electron chi connectivity index (χ2n) is 11.6. The molecule has 0 saturated heterocycles. The number of rotatable bonds is 12. The maximum Gasteiger partial charge on any atom is 0.266 e. The molecule has 3 fully saturated rings. The second-order valence-corrected chi connectivity index (χ2v) is 12.0. The smallest absolute Gasteiger partial charge is 0.266 e. The Morgan fingerprint density at radius 3 is 1.80 bits per heavy atom. The van der Waals surface area contributed by atoms with Gasteiger partial charge in [-0.25, -0.2) is 13.2 Å². The van der Waals surface area contributed by atoms with Crippen molar-refractivity contribution in [3.63, 3.8) is 0 Å². The lowest BCUT2D eigenvalue weighted by Gasteiger charge is -2.10. The summed E-state index contributed by atoms with van der Waals surface area (Å²) in [4.78, 5) is 24.0. The monoisotopic (exact) mass is 576 g/mol. The number of aryl methyl sites for hydroxylation is 2. The Morgan fingerprint density at radius 1 is 0.800 bits per heavy atom. The van der Waals surface area contributed by atoms with Crippen LogP contribution in [-0.2, 0) is 22.4 Å². The van der Waals surface area contributed by atoms with E-state index in [1.54, 1.807) is 0 Å². The predicted molar refractivity (Wildman–Crippen MR) is 152 cm³/mol. The SMILES string of the molecule is O=C(CCc1ccc(C(F)F)c(F)c1)C1CCCC1.O=C(CCc1ccc(OCC2CC2)c(Cl)c1)C1CCCC1. The van der Waals surface area contributed by atoms with Crippen molar-refractivity contribution in [1.82, 2.24) is 0 Å². The van der Waals surface area contributed by atoms with E-state index in [1.807, 2.05) is 18.2 Å². The molecule has 0 bridgehead atoms. The van der Waals surface area contributed by atoms with E-state index in [0.717, 1.165) is 80.9 Å². The lowest BCUT2D eigenvalue weighted by Crippen LogP contribution is -2.11. The summed E-state index contributed by atoms with van der Waals surface area (Å²) in [5, 5.41) is 0.668. The van der Waals surface area contributed by atoms with Crippen molar-refractivity contribution in [2.75, 3.05) is 6.61 Å². The lowest BCUT2D eigenvalue weighted by atomic mass is 9.96. The van der Waals surface area contributed by atoms with Gasteiger partial charge in [0.1, 0.15) is 23.1 Å². The van der Waals surface area contributed by atoms with Crippen LogP contribution in [0.15, 0.2) is 36.4 Å². The van der Waals surface area contributed by atoms with Gasteiger partial charge in [-0.2, -0.15) is 0 Å². The van der Waals surface area contributed by atoms with Crippen LogP contribution in [0.3, 0.4) is 0 Å². The molecule has 3 aliphatic carbocycles. The summed E-state index contributed by atoms with van der Waals surface area (Å²) in [6.07, 6.45) is 10.7. The van der Waals surface area contributed by atoms with Crippen molar-refractivity contribution in [3.8, 4) is 5.75 Å². The van der Waals surface area contributed by atoms with Gasteiger partial charge in [0.05, 0.1) is 17.2 Å². The summed E-state index contributed by atoms with van der Waals surface area (Å²) < 4.78 is 43.9. The van der Waals surface area contributed by atoms with E-state index in [0.29, 0.717) is 41.5 Å². The highest BCUT2D eigenvalue weighted by molar-refractivity contribution is 6.32. The summed E-state index contributed by atoms with van der Waals surface area (Å²) in [6, 6.07) is 9.63. The molecule has 0 amide bonds. The fraction of sp³-hybridized carbons (Fsp3) is 0.576. The van der Waals surface area contributed by atoms with Gasteiger partial charge < -0.3 is 4.74 Å². The van der Waals surface area contributed by atoms with Gasteiger partial charge in [-0.05, 0) is 86.6 Å². The standard InChI is InChI=1S/C18H23ClO2.C15H17F3O/c19-16-11-13(7-9-17(20)15-3-1-2-4-15)8-10-18(16)21-12-14-5-6-14;16-13-9-10(5-7-12(13)15(17)18)6-8-14(19)11-3-1-2-4-11/h8,10-11,14-15H,1-7,9,12H2;5,7,9,11,15H,1-4,6,8H2. The van der Waals surface area contributed by atoms with Crippen LogP contribution >= 0.6 is 11.6 Å². The highest BCUT2D eigenvalue weighted by Gasteiger charge is 2.24. The molecule has 0 unspecified atom stereocenters. The van der Waals surface area contributed by atoms with Crippen LogP contribution in [0.2, 0.25) is 5.02 Å². The molecule has 40 heavy (non-hydrogen) atoms. The number of Topliss-reactive ketones (excluding diaryl/α,β-unsaturated/α-hetero) is 2. The lowest BCUT2D eigenvalue weighted by molar-refractivity contribution is -0.123. The van der Waals surface area contributed by atoms with Gasteiger partial charge in [-0.3, -0.25) is 9.59 Å². The van der Waals surface area contributed by atoms with Crippen LogP contribution in [0, 0.1) is 23.6 Å². The Kier molecular flexibility index (Phi) is 11.5. The van der Waals surface area contributed by atoms with E-state index in [1.165, 1.54) is 31.7 Å². The Labute approximate surface area is 240 Å². The van der Waals surface area contributed by atoms with Crippen molar-refractivity contribution < 1.29 is 27.5 Å². The number of hydrogen-bond acceptors (Lipinski definition) is 3. The zero-order chi connectivity index (χ0) is 28.5. The van der Waals surface area contributed by atoms with Crippen molar-refractivity contribution in [2.24, 2.45) is 17.8 Å². The minimum atomic E-state index is -2.80. The maximum absolute atomic E-state index is 13.4. The van der Waals surface area contributed by atoms with Gasteiger partial charge in [0.15, 0.2) is 0 Å². The van der Waals surface area contributed by atoms with Crippen LogP contribution in [-0.4, -0.2) is 18.2 Å². The molecule has 3 aliphatic rings. The zero-order valence-electron chi connectivity index (χ0n) is 23.1. The van der Waals surface area contributed by atoms with Gasteiger partial charge in [0.2, 0.25) is 0 Å². The third-order valence-corrected chi connectivity index (χ3v) is 8.70. The van der Waals surface area contributed by atoms with Gasteiger partial charge in [-0.1, -0.05) is 55.5 Å². The molecule has 0 aromatic heterocycles. The Hall–Kier alpha value is -2.34. The quantitative estimate of drug-likeness (QED) is 0.253. The number of benzene rings is 2. The molecule has 0 atom stereocenters. The number of hydrogen-bond donors (Lipinski definition) is 0. The van der Waals surface area contributed by atoms with E-state index in [9.17, 15) is 22.8 Å². The number of halogens is 4. The summed E-state index contributed by atoms with van der Waals surface area (Å²) in [7, 11) is 0. The summed E-state index contributed by atoms with van der Waals surface area (Å²) in [5.74, 6) is 1.74. The first kappa shape index (κ1) is 30.6. The Bertz CT molecular complexity index is 1140. The minimum Gasteiger partial charge on any atom is -0.492 e. The van der Waals surface area contributed by atoms with E-state index >= 15 is 0 Å². The van der Waals surface area contributed by atoms with Crippen molar-refractivity contribution in [3.05, 3.63) is 63.9 Å². The molecule has 5 rings (SSSR count). The fourth-order valence-electron chi connectivity index (χ4n) is 5.65. The van der Waals surface area contributed by atoms with E-state index in [4.69, 9.17) is 16.3 Å². The minimum absolute atomic E-state index is 0.158. The molecule has 3 nitrogen and oxygen atoms in total. The third kappa shape index (κ3) is 9.36. The third-order valence-electron chi connectivity index (χ3n) is 8.41. The second kappa shape index (κ2) is 15.0. The summed E-state index contributed by atoms with van der Waals surface area (Å²) >= 11 is 6.27. The molecular formula is C33H40ClF3O3. The van der Waals surface area contributed by atoms with Crippen molar-refractivity contribution in [1.29, 1.82) is 0 Å². The van der Waals surface area contributed by atoms with Crippen LogP contribution < -0.4 is 4.74 Å². The van der Waals surface area contributed by atoms with Crippen molar-refractivity contribution >= 4 is 23.2 Å². The molecule has 218 valence electrons. The van der Waals surface area contributed by atoms with E-state index in [2.05, 4.69) is 0 Å². The average Bonchev–Trinajstić information content (AvgIpc) is 3.35. The molecular weight excluding hydrogens is 537 g/mol.